The lowest BCUT2D eigenvalue weighted by Gasteiger charge is -2.06. The van der Waals surface area contributed by atoms with E-state index >= 15 is 0 Å². The summed E-state index contributed by atoms with van der Waals surface area (Å²) in [5.74, 6) is 0. The first-order chi connectivity index (χ1) is 9.39. The number of rotatable bonds is 7. The van der Waals surface area contributed by atoms with Gasteiger partial charge in [-0.15, -0.1) is 0 Å². The number of benzene rings is 1. The third-order valence-electron chi connectivity index (χ3n) is 2.36. The van der Waals surface area contributed by atoms with Crippen molar-refractivity contribution in [3.63, 3.8) is 0 Å². The molecule has 0 aliphatic carbocycles. The highest BCUT2D eigenvalue weighted by Crippen LogP contribution is 2.09. The summed E-state index contributed by atoms with van der Waals surface area (Å²) in [7, 11) is -11.3. The van der Waals surface area contributed by atoms with E-state index < -0.39 is 35.0 Å². The summed E-state index contributed by atoms with van der Waals surface area (Å²) in [4.78, 5) is -0.0380. The highest BCUT2D eigenvalue weighted by Gasteiger charge is 2.17. The minimum Gasteiger partial charge on any atom is -0.228 e. The van der Waals surface area contributed by atoms with Crippen LogP contribution in [-0.2, 0) is 36.3 Å². The lowest BCUT2D eigenvalue weighted by atomic mass is 10.2. The van der Waals surface area contributed by atoms with Crippen molar-refractivity contribution < 1.29 is 25.3 Å². The Morgan fingerprint density at radius 3 is 1.95 bits per heavy atom. The zero-order valence-electron chi connectivity index (χ0n) is 11.2. The van der Waals surface area contributed by atoms with Crippen LogP contribution in [0.2, 0.25) is 0 Å². The Morgan fingerprint density at radius 2 is 1.52 bits per heavy atom. The number of primary sulfonamides is 1. The van der Waals surface area contributed by atoms with Gasteiger partial charge in [0, 0.05) is 12.8 Å². The van der Waals surface area contributed by atoms with E-state index in [2.05, 4.69) is 4.72 Å². The molecule has 0 aliphatic rings. The van der Waals surface area contributed by atoms with Crippen molar-refractivity contribution >= 4 is 29.9 Å². The Morgan fingerprint density at radius 1 is 1.00 bits per heavy atom. The van der Waals surface area contributed by atoms with Crippen molar-refractivity contribution in [1.29, 1.82) is 0 Å². The van der Waals surface area contributed by atoms with Crippen LogP contribution in [0.15, 0.2) is 29.2 Å². The average Bonchev–Trinajstić information content (AvgIpc) is 2.24. The number of nitrogens with two attached hydrogens (primary N) is 1. The molecule has 1 rings (SSSR count). The van der Waals surface area contributed by atoms with E-state index in [1.165, 1.54) is 24.3 Å². The Balaban J connectivity index is 2.61. The van der Waals surface area contributed by atoms with Gasteiger partial charge in [0.15, 0.2) is 14.9 Å². The molecule has 0 saturated carbocycles. The van der Waals surface area contributed by atoms with Gasteiger partial charge in [-0.3, -0.25) is 0 Å². The van der Waals surface area contributed by atoms with Gasteiger partial charge in [-0.2, -0.15) is 0 Å². The first kappa shape index (κ1) is 18.0. The molecule has 0 heterocycles. The van der Waals surface area contributed by atoms with Gasteiger partial charge in [-0.1, -0.05) is 12.1 Å². The quantitative estimate of drug-likeness (QED) is 0.628. The molecule has 1 aromatic carbocycles. The molecule has 0 aliphatic heterocycles. The summed E-state index contributed by atoms with van der Waals surface area (Å²) in [6, 6.07) is 5.64. The number of sulfonamides is 2. The fourth-order valence-corrected chi connectivity index (χ4v) is 5.04. The maximum Gasteiger partial charge on any atom is 0.238 e. The van der Waals surface area contributed by atoms with Crippen molar-refractivity contribution in [3.8, 4) is 0 Å². The zero-order valence-corrected chi connectivity index (χ0v) is 13.6. The molecule has 0 amide bonds. The Bertz CT molecular complexity index is 795. The molecule has 0 fully saturated rings. The fourth-order valence-electron chi connectivity index (χ4n) is 1.52. The van der Waals surface area contributed by atoms with E-state index in [0.29, 0.717) is 5.56 Å². The number of sulfone groups is 1. The molecule has 1 aromatic rings. The van der Waals surface area contributed by atoms with Gasteiger partial charge in [0.25, 0.3) is 0 Å². The molecule has 11 heteroatoms. The molecule has 120 valence electrons. The van der Waals surface area contributed by atoms with Crippen LogP contribution >= 0.6 is 0 Å². The molecule has 3 N–H and O–H groups in total. The van der Waals surface area contributed by atoms with Crippen LogP contribution in [0.1, 0.15) is 5.56 Å². The Hall–Kier alpha value is -1.01. The second kappa shape index (κ2) is 6.40. The third-order valence-corrected chi connectivity index (χ3v) is 6.88. The summed E-state index contributed by atoms with van der Waals surface area (Å²) in [5, 5.41) is 3.98. The summed E-state index contributed by atoms with van der Waals surface area (Å²) in [5.41, 5.74) is 0.685. The van der Waals surface area contributed by atoms with E-state index in [-0.39, 0.29) is 17.9 Å². The summed E-state index contributed by atoms with van der Waals surface area (Å²) >= 11 is 0. The van der Waals surface area contributed by atoms with Crippen LogP contribution in [0.5, 0.6) is 0 Å². The Kier molecular flexibility index (Phi) is 5.50. The number of hydrogen-bond donors (Lipinski definition) is 2. The minimum absolute atomic E-state index is 0.00652. The van der Waals surface area contributed by atoms with Crippen molar-refractivity contribution in [2.24, 2.45) is 5.14 Å². The predicted octanol–water partition coefficient (Wildman–Crippen LogP) is -1.20. The topological polar surface area (TPSA) is 140 Å². The van der Waals surface area contributed by atoms with Crippen molar-refractivity contribution in [3.05, 3.63) is 29.8 Å². The fraction of sp³-hybridized carbons (Fsp3) is 0.400. The molecule has 8 nitrogen and oxygen atoms in total. The standard InChI is InChI=1S/C10H16N2O6S3/c1-19(13,14)8-20(15,16)12-7-6-9-2-4-10(5-3-9)21(11,17)18/h2-5,12H,6-8H2,1H3,(H2,11,17,18). The SMILES string of the molecule is CS(=O)(=O)CS(=O)(=O)NCCc1ccc(S(N)(=O)=O)cc1. The zero-order chi connectivity index (χ0) is 16.3. The third kappa shape index (κ3) is 7.00. The smallest absolute Gasteiger partial charge is 0.228 e. The second-order valence-corrected chi connectivity index (χ2v) is 10.4. The highest BCUT2D eigenvalue weighted by atomic mass is 32.3. The second-order valence-electron chi connectivity index (χ2n) is 4.49. The monoisotopic (exact) mass is 356 g/mol. The van der Waals surface area contributed by atoms with Crippen LogP contribution < -0.4 is 9.86 Å². The summed E-state index contributed by atoms with van der Waals surface area (Å²) in [6.45, 7) is 0.00652. The van der Waals surface area contributed by atoms with Crippen LogP contribution in [0, 0.1) is 0 Å². The summed E-state index contributed by atoms with van der Waals surface area (Å²) < 4.78 is 69.0. The van der Waals surface area contributed by atoms with Gasteiger partial charge in [0.1, 0.15) is 0 Å². The molecule has 0 unspecified atom stereocenters. The molecule has 0 radical (unpaired) electrons. The minimum atomic E-state index is -3.89. The van der Waals surface area contributed by atoms with Gasteiger partial charge >= 0.3 is 0 Å². The molecular weight excluding hydrogens is 340 g/mol. The molecule has 0 bridgehead atoms. The van der Waals surface area contributed by atoms with Crippen molar-refractivity contribution in [1.82, 2.24) is 4.72 Å². The highest BCUT2D eigenvalue weighted by molar-refractivity contribution is 8.06. The summed E-state index contributed by atoms with van der Waals surface area (Å²) in [6.07, 6.45) is 1.12. The predicted molar refractivity (Wildman–Crippen MR) is 78.2 cm³/mol. The lowest BCUT2D eigenvalue weighted by molar-refractivity contribution is 0.581. The first-order valence-electron chi connectivity index (χ1n) is 5.66. The van der Waals surface area contributed by atoms with Crippen molar-refractivity contribution in [2.75, 3.05) is 17.9 Å². The maximum absolute atomic E-state index is 11.4. The van der Waals surface area contributed by atoms with E-state index in [0.717, 1.165) is 6.26 Å². The van der Waals surface area contributed by atoms with Crippen LogP contribution in [-0.4, -0.2) is 43.1 Å². The van der Waals surface area contributed by atoms with E-state index in [9.17, 15) is 25.3 Å². The first-order valence-corrected chi connectivity index (χ1v) is 10.9. The largest absolute Gasteiger partial charge is 0.238 e. The van der Waals surface area contributed by atoms with Crippen LogP contribution in [0.4, 0.5) is 0 Å². The van der Waals surface area contributed by atoms with Crippen molar-refractivity contribution in [2.45, 2.75) is 11.3 Å². The van der Waals surface area contributed by atoms with E-state index in [4.69, 9.17) is 5.14 Å². The Labute approximate surface area is 124 Å². The van der Waals surface area contributed by atoms with E-state index in [1.807, 2.05) is 0 Å². The van der Waals surface area contributed by atoms with Crippen LogP contribution in [0.25, 0.3) is 0 Å². The molecule has 0 saturated heterocycles. The van der Waals surface area contributed by atoms with Gasteiger partial charge in [-0.25, -0.2) is 35.1 Å². The molecule has 21 heavy (non-hydrogen) atoms. The number of hydrogen-bond acceptors (Lipinski definition) is 6. The normalized spacial score (nSPS) is 13.2. The molecular formula is C10H16N2O6S3. The number of nitrogens with one attached hydrogen (secondary N) is 1. The molecule has 0 atom stereocenters. The molecule has 0 spiro atoms. The van der Waals surface area contributed by atoms with E-state index in [1.54, 1.807) is 0 Å². The molecule has 0 aromatic heterocycles. The van der Waals surface area contributed by atoms with Gasteiger partial charge in [0.05, 0.1) is 4.90 Å². The maximum atomic E-state index is 11.4. The average molecular weight is 356 g/mol. The van der Waals surface area contributed by atoms with Crippen LogP contribution in [0.3, 0.4) is 0 Å². The van der Waals surface area contributed by atoms with Gasteiger partial charge in [0.2, 0.25) is 20.0 Å². The lowest BCUT2D eigenvalue weighted by Crippen LogP contribution is -2.31. The van der Waals surface area contributed by atoms with Gasteiger partial charge in [-0.05, 0) is 24.1 Å². The van der Waals surface area contributed by atoms with Gasteiger partial charge < -0.3 is 0 Å².